The minimum Gasteiger partial charge on any atom is -0.388 e. The van der Waals surface area contributed by atoms with Crippen LogP contribution in [0.4, 0.5) is 0 Å². The molecule has 0 spiro atoms. The first-order valence-corrected chi connectivity index (χ1v) is 7.45. The highest BCUT2D eigenvalue weighted by Gasteiger charge is 2.08. The lowest BCUT2D eigenvalue weighted by Gasteiger charge is -2.12. The molecule has 1 unspecified atom stereocenters. The van der Waals surface area contributed by atoms with Gasteiger partial charge < -0.3 is 5.11 Å². The fraction of sp³-hybridized carbons (Fsp3) is 0.200. The number of hydrogen-bond acceptors (Lipinski definition) is 1. The minimum atomic E-state index is -0.407. The van der Waals surface area contributed by atoms with Crippen LogP contribution in [0, 0.1) is 6.92 Å². The highest BCUT2D eigenvalue weighted by Crippen LogP contribution is 2.23. The molecule has 0 saturated heterocycles. The Kier molecular flexibility index (Phi) is 4.03. The van der Waals surface area contributed by atoms with Gasteiger partial charge in [-0.3, -0.25) is 0 Å². The fourth-order valence-corrected chi connectivity index (χ4v) is 2.75. The van der Waals surface area contributed by atoms with Crippen molar-refractivity contribution in [2.24, 2.45) is 0 Å². The summed E-state index contributed by atoms with van der Waals surface area (Å²) >= 11 is 0. The summed E-state index contributed by atoms with van der Waals surface area (Å²) < 4.78 is 0. The van der Waals surface area contributed by atoms with E-state index in [1.807, 2.05) is 18.2 Å². The predicted octanol–water partition coefficient (Wildman–Crippen LogP) is 4.81. The first-order chi connectivity index (χ1) is 10.2. The standard InChI is InChI=1S/C20H20O/c1-15-5-4-6-16(13-15)9-12-20(21)19-11-10-17-7-2-3-8-18(17)14-19/h2-8,10-11,13-14,20-21H,9,12H2,1H3. The lowest BCUT2D eigenvalue weighted by molar-refractivity contribution is 0.168. The van der Waals surface area contributed by atoms with Gasteiger partial charge in [-0.25, -0.2) is 0 Å². The molecule has 0 fully saturated rings. The number of rotatable bonds is 4. The maximum atomic E-state index is 10.4. The molecule has 1 nitrogen and oxygen atoms in total. The summed E-state index contributed by atoms with van der Waals surface area (Å²) in [5.74, 6) is 0. The van der Waals surface area contributed by atoms with Gasteiger partial charge in [0, 0.05) is 0 Å². The summed E-state index contributed by atoms with van der Waals surface area (Å²) in [6.45, 7) is 2.10. The second kappa shape index (κ2) is 6.11. The summed E-state index contributed by atoms with van der Waals surface area (Å²) in [4.78, 5) is 0. The smallest absolute Gasteiger partial charge is 0.0793 e. The summed E-state index contributed by atoms with van der Waals surface area (Å²) in [5.41, 5.74) is 3.56. The Morgan fingerprint density at radius 3 is 2.48 bits per heavy atom. The quantitative estimate of drug-likeness (QED) is 0.724. The number of aryl methyl sites for hydroxylation is 2. The molecule has 0 aromatic heterocycles. The highest BCUT2D eigenvalue weighted by molar-refractivity contribution is 5.83. The van der Waals surface area contributed by atoms with Crippen molar-refractivity contribution in [2.45, 2.75) is 25.9 Å². The first-order valence-electron chi connectivity index (χ1n) is 7.45. The van der Waals surface area contributed by atoms with Crippen molar-refractivity contribution in [2.75, 3.05) is 0 Å². The van der Waals surface area contributed by atoms with Gasteiger partial charge >= 0.3 is 0 Å². The molecule has 0 heterocycles. The van der Waals surface area contributed by atoms with Crippen molar-refractivity contribution >= 4 is 10.8 Å². The van der Waals surface area contributed by atoms with Crippen molar-refractivity contribution in [1.82, 2.24) is 0 Å². The van der Waals surface area contributed by atoms with Crippen LogP contribution in [0.25, 0.3) is 10.8 Å². The van der Waals surface area contributed by atoms with E-state index in [9.17, 15) is 5.11 Å². The molecule has 0 radical (unpaired) electrons. The Labute approximate surface area is 125 Å². The summed E-state index contributed by atoms with van der Waals surface area (Å²) in [5, 5.41) is 12.8. The maximum absolute atomic E-state index is 10.4. The van der Waals surface area contributed by atoms with Crippen LogP contribution in [-0.4, -0.2) is 5.11 Å². The third kappa shape index (κ3) is 3.32. The van der Waals surface area contributed by atoms with Gasteiger partial charge in [-0.1, -0.05) is 66.2 Å². The molecule has 21 heavy (non-hydrogen) atoms. The average Bonchev–Trinajstić information content (AvgIpc) is 2.52. The van der Waals surface area contributed by atoms with Crippen LogP contribution in [0.3, 0.4) is 0 Å². The monoisotopic (exact) mass is 276 g/mol. The lowest BCUT2D eigenvalue weighted by Crippen LogP contribution is -2.00. The van der Waals surface area contributed by atoms with E-state index in [0.717, 1.165) is 18.4 Å². The number of aliphatic hydroxyl groups is 1. The molecule has 3 aromatic carbocycles. The minimum absolute atomic E-state index is 0.407. The molecule has 0 bridgehead atoms. The second-order valence-electron chi connectivity index (χ2n) is 5.65. The number of benzene rings is 3. The van der Waals surface area contributed by atoms with E-state index >= 15 is 0 Å². The third-order valence-electron chi connectivity index (χ3n) is 3.95. The Balaban J connectivity index is 1.73. The van der Waals surface area contributed by atoms with Crippen molar-refractivity contribution in [1.29, 1.82) is 0 Å². The van der Waals surface area contributed by atoms with E-state index in [2.05, 4.69) is 55.5 Å². The molecule has 0 aliphatic rings. The van der Waals surface area contributed by atoms with Gasteiger partial charge in [0.15, 0.2) is 0 Å². The van der Waals surface area contributed by atoms with Gasteiger partial charge in [-0.05, 0) is 47.7 Å². The lowest BCUT2D eigenvalue weighted by atomic mass is 9.98. The molecule has 1 N–H and O–H groups in total. The topological polar surface area (TPSA) is 20.2 Å². The summed E-state index contributed by atoms with van der Waals surface area (Å²) in [7, 11) is 0. The van der Waals surface area contributed by atoms with Crippen LogP contribution in [-0.2, 0) is 6.42 Å². The van der Waals surface area contributed by atoms with Crippen LogP contribution in [0.5, 0.6) is 0 Å². The van der Waals surface area contributed by atoms with E-state index in [0.29, 0.717) is 0 Å². The van der Waals surface area contributed by atoms with Gasteiger partial charge in [0.25, 0.3) is 0 Å². The van der Waals surface area contributed by atoms with Crippen molar-refractivity contribution in [3.8, 4) is 0 Å². The van der Waals surface area contributed by atoms with E-state index in [4.69, 9.17) is 0 Å². The largest absolute Gasteiger partial charge is 0.388 e. The Morgan fingerprint density at radius 1 is 0.857 bits per heavy atom. The maximum Gasteiger partial charge on any atom is 0.0793 e. The molecular formula is C20H20O. The molecule has 1 heteroatoms. The Bertz CT molecular complexity index is 745. The molecule has 0 amide bonds. The molecule has 0 aliphatic heterocycles. The van der Waals surface area contributed by atoms with Crippen molar-refractivity contribution in [3.05, 3.63) is 83.4 Å². The highest BCUT2D eigenvalue weighted by atomic mass is 16.3. The predicted molar refractivity (Wildman–Crippen MR) is 88.4 cm³/mol. The van der Waals surface area contributed by atoms with Crippen LogP contribution < -0.4 is 0 Å². The number of fused-ring (bicyclic) bond motifs is 1. The summed E-state index contributed by atoms with van der Waals surface area (Å²) in [6.07, 6.45) is 1.24. The van der Waals surface area contributed by atoms with Crippen LogP contribution in [0.1, 0.15) is 29.2 Å². The van der Waals surface area contributed by atoms with Gasteiger partial charge in [0.2, 0.25) is 0 Å². The molecule has 3 rings (SSSR count). The molecule has 3 aromatic rings. The van der Waals surface area contributed by atoms with E-state index in [1.165, 1.54) is 21.9 Å². The first kappa shape index (κ1) is 13.8. The van der Waals surface area contributed by atoms with E-state index < -0.39 is 6.10 Å². The zero-order valence-electron chi connectivity index (χ0n) is 12.3. The SMILES string of the molecule is Cc1cccc(CCC(O)c2ccc3ccccc3c2)c1. The Hall–Kier alpha value is -2.12. The normalized spacial score (nSPS) is 12.5. The molecule has 106 valence electrons. The second-order valence-corrected chi connectivity index (χ2v) is 5.65. The zero-order valence-corrected chi connectivity index (χ0v) is 12.3. The van der Waals surface area contributed by atoms with Gasteiger partial charge in [-0.2, -0.15) is 0 Å². The fourth-order valence-electron chi connectivity index (χ4n) is 2.75. The van der Waals surface area contributed by atoms with E-state index in [-0.39, 0.29) is 0 Å². The number of aliphatic hydroxyl groups excluding tert-OH is 1. The van der Waals surface area contributed by atoms with Gasteiger partial charge in [0.1, 0.15) is 0 Å². The number of hydrogen-bond donors (Lipinski definition) is 1. The molecule has 1 atom stereocenters. The molecule has 0 saturated carbocycles. The Morgan fingerprint density at radius 2 is 1.67 bits per heavy atom. The van der Waals surface area contributed by atoms with Crippen LogP contribution in [0.2, 0.25) is 0 Å². The zero-order chi connectivity index (χ0) is 14.7. The van der Waals surface area contributed by atoms with Gasteiger partial charge in [0.05, 0.1) is 6.10 Å². The van der Waals surface area contributed by atoms with Gasteiger partial charge in [-0.15, -0.1) is 0 Å². The molecule has 0 aliphatic carbocycles. The van der Waals surface area contributed by atoms with E-state index in [1.54, 1.807) is 0 Å². The van der Waals surface area contributed by atoms with Crippen LogP contribution in [0.15, 0.2) is 66.7 Å². The van der Waals surface area contributed by atoms with Crippen LogP contribution >= 0.6 is 0 Å². The molecular weight excluding hydrogens is 256 g/mol. The third-order valence-corrected chi connectivity index (χ3v) is 3.95. The van der Waals surface area contributed by atoms with Crippen molar-refractivity contribution < 1.29 is 5.11 Å². The van der Waals surface area contributed by atoms with Crippen molar-refractivity contribution in [3.63, 3.8) is 0 Å². The average molecular weight is 276 g/mol. The summed E-state index contributed by atoms with van der Waals surface area (Å²) in [6, 6.07) is 23.0.